The Hall–Kier alpha value is -2.43. The van der Waals surface area contributed by atoms with E-state index in [1.165, 1.54) is 5.57 Å². The van der Waals surface area contributed by atoms with Gasteiger partial charge in [0.15, 0.2) is 12.4 Å². The fourth-order valence-corrected chi connectivity index (χ4v) is 3.09. The third-order valence-corrected chi connectivity index (χ3v) is 4.58. The Morgan fingerprint density at radius 1 is 1.29 bits per heavy atom. The van der Waals surface area contributed by atoms with E-state index in [-0.39, 0.29) is 29.8 Å². The van der Waals surface area contributed by atoms with Crippen molar-refractivity contribution in [3.05, 3.63) is 54.1 Å². The molecule has 1 aromatic heterocycles. The van der Waals surface area contributed by atoms with Crippen LogP contribution in [0, 0.1) is 17.3 Å². The molecule has 1 aliphatic rings. The Balaban J connectivity index is 1.60. The van der Waals surface area contributed by atoms with Crippen molar-refractivity contribution in [3.63, 3.8) is 0 Å². The van der Waals surface area contributed by atoms with Crippen LogP contribution in [-0.4, -0.2) is 20.7 Å². The standard InChI is InChI=1S/C19H23N3O2/c1-13(2)10-15-17(19(15,3)4)18(23)24-11-16-20-12-22(21-16)14-8-6-5-7-9-14/h5-10,12,15,17H,11H2,1-4H3/t15-,17-/m1/s1. The van der Waals surface area contributed by atoms with Gasteiger partial charge in [-0.3, -0.25) is 4.79 Å². The second kappa shape index (κ2) is 6.23. The van der Waals surface area contributed by atoms with Gasteiger partial charge in [0.1, 0.15) is 6.33 Å². The lowest BCUT2D eigenvalue weighted by molar-refractivity contribution is -0.147. The van der Waals surface area contributed by atoms with Crippen molar-refractivity contribution in [1.82, 2.24) is 14.8 Å². The minimum atomic E-state index is -0.168. The molecule has 0 unspecified atom stereocenters. The van der Waals surface area contributed by atoms with Gasteiger partial charge < -0.3 is 4.74 Å². The average Bonchev–Trinajstić information content (AvgIpc) is 2.90. The lowest BCUT2D eigenvalue weighted by atomic mass is 10.1. The van der Waals surface area contributed by atoms with Gasteiger partial charge in [-0.05, 0) is 37.3 Å². The lowest BCUT2D eigenvalue weighted by Gasteiger charge is -2.03. The normalized spacial score (nSPS) is 21.2. The van der Waals surface area contributed by atoms with E-state index in [0.29, 0.717) is 5.82 Å². The number of aromatic nitrogens is 3. The van der Waals surface area contributed by atoms with Crippen molar-refractivity contribution < 1.29 is 9.53 Å². The van der Waals surface area contributed by atoms with E-state index < -0.39 is 0 Å². The molecule has 1 fully saturated rings. The Bertz CT molecular complexity index is 758. The Morgan fingerprint density at radius 2 is 2.00 bits per heavy atom. The van der Waals surface area contributed by atoms with E-state index in [1.807, 2.05) is 30.3 Å². The van der Waals surface area contributed by atoms with E-state index in [0.717, 1.165) is 5.69 Å². The van der Waals surface area contributed by atoms with Crippen molar-refractivity contribution in [3.8, 4) is 5.69 Å². The quantitative estimate of drug-likeness (QED) is 0.623. The molecule has 0 spiro atoms. The molecule has 2 atom stereocenters. The minimum absolute atomic E-state index is 0.0365. The highest BCUT2D eigenvalue weighted by Gasteiger charge is 2.61. The number of hydrogen-bond acceptors (Lipinski definition) is 4. The Labute approximate surface area is 142 Å². The lowest BCUT2D eigenvalue weighted by Crippen LogP contribution is -2.11. The summed E-state index contributed by atoms with van der Waals surface area (Å²) < 4.78 is 7.12. The second-order valence-electron chi connectivity index (χ2n) is 7.12. The van der Waals surface area contributed by atoms with E-state index in [4.69, 9.17) is 4.74 Å². The molecule has 2 aromatic rings. The summed E-state index contributed by atoms with van der Waals surface area (Å²) in [6, 6.07) is 9.72. The molecule has 1 saturated carbocycles. The highest BCUT2D eigenvalue weighted by molar-refractivity contribution is 5.78. The number of esters is 1. The molecule has 0 aliphatic heterocycles. The topological polar surface area (TPSA) is 57.0 Å². The van der Waals surface area contributed by atoms with Gasteiger partial charge in [0.2, 0.25) is 0 Å². The van der Waals surface area contributed by atoms with Crippen LogP contribution in [0.5, 0.6) is 0 Å². The second-order valence-corrected chi connectivity index (χ2v) is 7.12. The number of rotatable bonds is 5. The Morgan fingerprint density at radius 3 is 2.67 bits per heavy atom. The summed E-state index contributed by atoms with van der Waals surface area (Å²) in [6.07, 6.45) is 3.79. The molecule has 1 aromatic carbocycles. The molecule has 0 bridgehead atoms. The number of ether oxygens (including phenoxy) is 1. The van der Waals surface area contributed by atoms with Crippen LogP contribution in [0.2, 0.25) is 0 Å². The van der Waals surface area contributed by atoms with Crippen molar-refractivity contribution in [2.45, 2.75) is 34.3 Å². The number of carbonyl (C=O) groups excluding carboxylic acids is 1. The van der Waals surface area contributed by atoms with Crippen LogP contribution in [-0.2, 0) is 16.1 Å². The van der Waals surface area contributed by atoms with Crippen LogP contribution in [0.15, 0.2) is 48.3 Å². The van der Waals surface area contributed by atoms with E-state index in [2.05, 4.69) is 43.9 Å². The third-order valence-electron chi connectivity index (χ3n) is 4.58. The van der Waals surface area contributed by atoms with Crippen LogP contribution >= 0.6 is 0 Å². The molecule has 3 rings (SSSR count). The zero-order valence-corrected chi connectivity index (χ0v) is 14.6. The van der Waals surface area contributed by atoms with Gasteiger partial charge in [0.05, 0.1) is 11.6 Å². The number of carbonyl (C=O) groups is 1. The van der Waals surface area contributed by atoms with E-state index >= 15 is 0 Å². The van der Waals surface area contributed by atoms with Gasteiger partial charge in [-0.1, -0.05) is 43.7 Å². The summed E-state index contributed by atoms with van der Waals surface area (Å²) in [7, 11) is 0. The number of benzene rings is 1. The van der Waals surface area contributed by atoms with Crippen LogP contribution in [0.3, 0.4) is 0 Å². The zero-order chi connectivity index (χ0) is 17.3. The van der Waals surface area contributed by atoms with Crippen LogP contribution in [0.4, 0.5) is 0 Å². The number of nitrogens with zero attached hydrogens (tertiary/aromatic N) is 3. The fraction of sp³-hybridized carbons (Fsp3) is 0.421. The molecule has 0 N–H and O–H groups in total. The number of hydrogen-bond donors (Lipinski definition) is 0. The maximum atomic E-state index is 12.3. The first-order chi connectivity index (χ1) is 11.4. The summed E-state index contributed by atoms with van der Waals surface area (Å²) in [6.45, 7) is 8.41. The molecule has 1 aliphatic carbocycles. The number of para-hydroxylation sites is 1. The summed E-state index contributed by atoms with van der Waals surface area (Å²) in [5.41, 5.74) is 2.12. The number of allylic oxidation sites excluding steroid dienone is 2. The van der Waals surface area contributed by atoms with Crippen molar-refractivity contribution in [2.24, 2.45) is 17.3 Å². The first-order valence-electron chi connectivity index (χ1n) is 8.17. The molecule has 24 heavy (non-hydrogen) atoms. The largest absolute Gasteiger partial charge is 0.457 e. The molecule has 1 heterocycles. The summed E-state index contributed by atoms with van der Waals surface area (Å²) in [5, 5.41) is 4.35. The highest BCUT2D eigenvalue weighted by Crippen LogP contribution is 2.59. The molecule has 0 radical (unpaired) electrons. The molecule has 5 nitrogen and oxygen atoms in total. The highest BCUT2D eigenvalue weighted by atomic mass is 16.5. The van der Waals surface area contributed by atoms with Crippen LogP contribution in [0.25, 0.3) is 5.69 Å². The molecule has 5 heteroatoms. The SMILES string of the molecule is CC(C)=C[C@@H]1[C@H](C(=O)OCc2ncn(-c3ccccc3)n2)C1(C)C. The molecular weight excluding hydrogens is 302 g/mol. The summed E-state index contributed by atoms with van der Waals surface area (Å²) in [4.78, 5) is 16.6. The molecule has 0 saturated heterocycles. The zero-order valence-electron chi connectivity index (χ0n) is 14.6. The van der Waals surface area contributed by atoms with Crippen molar-refractivity contribution >= 4 is 5.97 Å². The Kier molecular flexibility index (Phi) is 4.26. The summed E-state index contributed by atoms with van der Waals surface area (Å²) in [5.74, 6) is 0.511. The predicted molar refractivity (Wildman–Crippen MR) is 91.3 cm³/mol. The van der Waals surface area contributed by atoms with E-state index in [9.17, 15) is 4.79 Å². The van der Waals surface area contributed by atoms with Gasteiger partial charge in [-0.15, -0.1) is 5.10 Å². The molecule has 0 amide bonds. The first-order valence-corrected chi connectivity index (χ1v) is 8.17. The molecular formula is C19H23N3O2. The minimum Gasteiger partial charge on any atom is -0.457 e. The first kappa shape index (κ1) is 16.4. The average molecular weight is 325 g/mol. The predicted octanol–water partition coefficient (Wildman–Crippen LogP) is 3.55. The smallest absolute Gasteiger partial charge is 0.310 e. The van der Waals surface area contributed by atoms with Crippen molar-refractivity contribution in [2.75, 3.05) is 0 Å². The van der Waals surface area contributed by atoms with Gasteiger partial charge in [0, 0.05) is 0 Å². The third kappa shape index (κ3) is 3.25. The van der Waals surface area contributed by atoms with Crippen LogP contribution < -0.4 is 0 Å². The van der Waals surface area contributed by atoms with E-state index in [1.54, 1.807) is 11.0 Å². The van der Waals surface area contributed by atoms with Gasteiger partial charge in [0.25, 0.3) is 0 Å². The maximum Gasteiger partial charge on any atom is 0.310 e. The maximum absolute atomic E-state index is 12.3. The summed E-state index contributed by atoms with van der Waals surface area (Å²) >= 11 is 0. The monoisotopic (exact) mass is 325 g/mol. The van der Waals surface area contributed by atoms with Gasteiger partial charge >= 0.3 is 5.97 Å². The van der Waals surface area contributed by atoms with Crippen molar-refractivity contribution in [1.29, 1.82) is 0 Å². The molecule has 126 valence electrons. The van der Waals surface area contributed by atoms with Crippen LogP contribution in [0.1, 0.15) is 33.5 Å². The fourth-order valence-electron chi connectivity index (χ4n) is 3.09. The van der Waals surface area contributed by atoms with Gasteiger partial charge in [-0.2, -0.15) is 0 Å². The van der Waals surface area contributed by atoms with Gasteiger partial charge in [-0.25, -0.2) is 9.67 Å².